The van der Waals surface area contributed by atoms with Crippen molar-refractivity contribution in [2.75, 3.05) is 14.1 Å². The molecule has 3 amide bonds. The molecule has 0 N–H and O–H groups in total. The quantitative estimate of drug-likeness (QED) is 0.777. The summed E-state index contributed by atoms with van der Waals surface area (Å²) in [5.41, 5.74) is 4.27. The van der Waals surface area contributed by atoms with Crippen LogP contribution in [0.4, 0.5) is 10.7 Å². The predicted octanol–water partition coefficient (Wildman–Crippen LogP) is 2.05. The van der Waals surface area contributed by atoms with E-state index in [1.165, 1.54) is 17.5 Å². The highest BCUT2D eigenvalue weighted by atomic mass is 16.2. The summed E-state index contributed by atoms with van der Waals surface area (Å²) < 4.78 is 4.03. The van der Waals surface area contributed by atoms with Crippen LogP contribution in [0.1, 0.15) is 29.9 Å². The Morgan fingerprint density at radius 3 is 2.50 bits per heavy atom. The van der Waals surface area contributed by atoms with Gasteiger partial charge < -0.3 is 0 Å². The third-order valence-corrected chi connectivity index (χ3v) is 5.45. The molecule has 0 spiro atoms. The number of aromatic nitrogens is 2. The monoisotopic (exact) mass is 352 g/mol. The van der Waals surface area contributed by atoms with Crippen molar-refractivity contribution in [1.82, 2.24) is 14.4 Å². The summed E-state index contributed by atoms with van der Waals surface area (Å²) >= 11 is 0. The average Bonchev–Trinajstić information content (AvgIpc) is 3.14. The molecule has 1 fully saturated rings. The van der Waals surface area contributed by atoms with Crippen LogP contribution in [0.3, 0.4) is 0 Å². The molecule has 3 heterocycles. The van der Waals surface area contributed by atoms with Crippen LogP contribution >= 0.6 is 0 Å². The number of imidazole rings is 1. The van der Waals surface area contributed by atoms with Crippen molar-refractivity contribution in [3.63, 3.8) is 0 Å². The number of hydrogen-bond acceptors (Lipinski definition) is 3. The van der Waals surface area contributed by atoms with Gasteiger partial charge >= 0.3 is 12.0 Å². The SMILES string of the molecule is CCc1ccccc1-n1c(C)c(C)[n+]2c1N=C1C2C(=O)N(C)C(=O)N1C. The maximum atomic E-state index is 12.8. The van der Waals surface area contributed by atoms with Crippen LogP contribution in [0.15, 0.2) is 29.3 Å². The topological polar surface area (TPSA) is 61.8 Å². The van der Waals surface area contributed by atoms with Crippen LogP contribution in [-0.2, 0) is 11.2 Å². The van der Waals surface area contributed by atoms with E-state index < -0.39 is 6.04 Å². The number of amides is 3. The lowest BCUT2D eigenvalue weighted by Gasteiger charge is -2.30. The molecule has 7 nitrogen and oxygen atoms in total. The number of fused-ring (bicyclic) bond motifs is 3. The highest BCUT2D eigenvalue weighted by Gasteiger charge is 2.53. The standard InChI is InChI=1S/C19H22N5O2/c1-6-13-9-7-8-10-14(13)23-11(2)12(3)24-15-16(20-18(23)24)21(4)19(26)22(5)17(15)25/h7-10,15H,6H2,1-5H3/q+1. The van der Waals surface area contributed by atoms with E-state index in [4.69, 9.17) is 4.99 Å². The summed E-state index contributed by atoms with van der Waals surface area (Å²) in [6, 6.07) is 7.25. The van der Waals surface area contributed by atoms with Gasteiger partial charge in [-0.25, -0.2) is 9.36 Å². The first-order valence-electron chi connectivity index (χ1n) is 8.74. The molecule has 1 saturated heterocycles. The molecule has 0 saturated carbocycles. The van der Waals surface area contributed by atoms with Crippen molar-refractivity contribution in [3.8, 4) is 5.69 Å². The summed E-state index contributed by atoms with van der Waals surface area (Å²) in [7, 11) is 3.18. The minimum absolute atomic E-state index is 0.250. The third-order valence-electron chi connectivity index (χ3n) is 5.45. The first kappa shape index (κ1) is 16.5. The number of urea groups is 1. The molecule has 2 aliphatic rings. The zero-order chi connectivity index (χ0) is 18.7. The molecule has 26 heavy (non-hydrogen) atoms. The van der Waals surface area contributed by atoms with Gasteiger partial charge in [0, 0.05) is 14.1 Å². The van der Waals surface area contributed by atoms with E-state index in [9.17, 15) is 9.59 Å². The van der Waals surface area contributed by atoms with Crippen molar-refractivity contribution < 1.29 is 14.2 Å². The van der Waals surface area contributed by atoms with Gasteiger partial charge in [-0.05, 0) is 31.9 Å². The Balaban J connectivity index is 1.99. The summed E-state index contributed by atoms with van der Waals surface area (Å²) in [6.45, 7) is 6.15. The molecule has 0 radical (unpaired) electrons. The first-order chi connectivity index (χ1) is 12.4. The van der Waals surface area contributed by atoms with E-state index in [0.717, 1.165) is 28.4 Å². The number of amidine groups is 1. The normalized spacial score (nSPS) is 19.0. The Morgan fingerprint density at radius 2 is 1.81 bits per heavy atom. The lowest BCUT2D eigenvalue weighted by molar-refractivity contribution is -0.682. The number of rotatable bonds is 2. The van der Waals surface area contributed by atoms with Gasteiger partial charge in [-0.3, -0.25) is 14.6 Å². The Kier molecular flexibility index (Phi) is 3.50. The van der Waals surface area contributed by atoms with E-state index in [2.05, 4.69) is 23.6 Å². The molecule has 134 valence electrons. The van der Waals surface area contributed by atoms with Crippen molar-refractivity contribution in [2.24, 2.45) is 4.99 Å². The molecule has 1 aromatic heterocycles. The molecule has 1 unspecified atom stereocenters. The molecule has 0 aliphatic carbocycles. The fraction of sp³-hybridized carbons (Fsp3) is 0.368. The molecule has 0 bridgehead atoms. The van der Waals surface area contributed by atoms with Gasteiger partial charge in [-0.2, -0.15) is 4.57 Å². The third kappa shape index (κ3) is 1.94. The van der Waals surface area contributed by atoms with Gasteiger partial charge in [-0.15, -0.1) is 0 Å². The second kappa shape index (κ2) is 5.52. The zero-order valence-corrected chi connectivity index (χ0v) is 15.6. The summed E-state index contributed by atoms with van der Waals surface area (Å²) in [4.78, 5) is 32.5. The number of benzene rings is 1. The Morgan fingerprint density at radius 1 is 1.12 bits per heavy atom. The van der Waals surface area contributed by atoms with Gasteiger partial charge in [0.05, 0.1) is 0 Å². The van der Waals surface area contributed by atoms with Crippen molar-refractivity contribution in [1.29, 1.82) is 0 Å². The van der Waals surface area contributed by atoms with E-state index in [1.54, 1.807) is 7.05 Å². The lowest BCUT2D eigenvalue weighted by atomic mass is 10.1. The molecular formula is C19H22N5O2+. The van der Waals surface area contributed by atoms with Crippen molar-refractivity contribution in [2.45, 2.75) is 33.2 Å². The van der Waals surface area contributed by atoms with Crippen molar-refractivity contribution in [3.05, 3.63) is 41.2 Å². The second-order valence-corrected chi connectivity index (χ2v) is 6.77. The Hall–Kier alpha value is -2.96. The minimum Gasteiger partial charge on any atom is -0.270 e. The van der Waals surface area contributed by atoms with Crippen LogP contribution in [0, 0.1) is 13.8 Å². The summed E-state index contributed by atoms with van der Waals surface area (Å²) in [5, 5.41) is 0. The predicted molar refractivity (Wildman–Crippen MR) is 96.9 cm³/mol. The number of para-hydroxylation sites is 1. The number of carbonyl (C=O) groups is 2. The lowest BCUT2D eigenvalue weighted by Crippen LogP contribution is -2.62. The minimum atomic E-state index is -0.591. The van der Waals surface area contributed by atoms with Gasteiger partial charge in [0.1, 0.15) is 17.1 Å². The molecule has 2 aliphatic heterocycles. The van der Waals surface area contributed by atoms with E-state index in [1.807, 2.05) is 30.5 Å². The number of carbonyl (C=O) groups excluding carboxylic acids is 2. The number of hydrogen-bond donors (Lipinski definition) is 0. The number of nitrogens with zero attached hydrogens (tertiary/aromatic N) is 5. The number of imide groups is 1. The van der Waals surface area contributed by atoms with Crippen LogP contribution in [0.25, 0.3) is 5.69 Å². The van der Waals surface area contributed by atoms with Crippen LogP contribution in [0.2, 0.25) is 0 Å². The maximum Gasteiger partial charge on any atom is 0.407 e. The number of aryl methyl sites for hydroxylation is 1. The highest BCUT2D eigenvalue weighted by Crippen LogP contribution is 2.33. The Labute approximate surface area is 152 Å². The second-order valence-electron chi connectivity index (χ2n) is 6.77. The smallest absolute Gasteiger partial charge is 0.270 e. The largest absolute Gasteiger partial charge is 0.407 e. The van der Waals surface area contributed by atoms with Crippen LogP contribution < -0.4 is 4.57 Å². The average molecular weight is 352 g/mol. The fourth-order valence-electron chi connectivity index (χ4n) is 3.83. The summed E-state index contributed by atoms with van der Waals surface area (Å²) in [5.74, 6) is 0.919. The molecule has 1 atom stereocenters. The summed E-state index contributed by atoms with van der Waals surface area (Å²) in [6.07, 6.45) is 0.895. The van der Waals surface area contributed by atoms with E-state index in [0.29, 0.717) is 11.8 Å². The van der Waals surface area contributed by atoms with Gasteiger partial charge in [0.2, 0.25) is 11.9 Å². The van der Waals surface area contributed by atoms with Gasteiger partial charge in [0.25, 0.3) is 5.91 Å². The molecule has 4 rings (SSSR count). The van der Waals surface area contributed by atoms with Gasteiger partial charge in [-0.1, -0.05) is 30.1 Å². The Bertz CT molecular complexity index is 988. The van der Waals surface area contributed by atoms with E-state index in [-0.39, 0.29) is 11.9 Å². The molecule has 1 aromatic carbocycles. The first-order valence-corrected chi connectivity index (χ1v) is 8.74. The van der Waals surface area contributed by atoms with Crippen molar-refractivity contribution >= 4 is 23.7 Å². The van der Waals surface area contributed by atoms with E-state index >= 15 is 0 Å². The van der Waals surface area contributed by atoms with Crippen LogP contribution in [0.5, 0.6) is 0 Å². The molecule has 7 heteroatoms. The highest BCUT2D eigenvalue weighted by molar-refractivity contribution is 6.18. The molecule has 2 aromatic rings. The fourth-order valence-corrected chi connectivity index (χ4v) is 3.83. The number of aliphatic imine (C=N–C) groups is 1. The van der Waals surface area contributed by atoms with Gasteiger partial charge in [0.15, 0.2) is 0 Å². The molecular weight excluding hydrogens is 330 g/mol. The maximum absolute atomic E-state index is 12.8. The zero-order valence-electron chi connectivity index (χ0n) is 15.6. The number of likely N-dealkylation sites (N-methyl/N-ethyl adjacent to an activating group) is 2. The van der Waals surface area contributed by atoms with Crippen LogP contribution in [-0.4, -0.2) is 46.2 Å².